The predicted octanol–water partition coefficient (Wildman–Crippen LogP) is -0.654. The maximum Gasteiger partial charge on any atom is 0.430 e. The highest BCUT2D eigenvalue weighted by atomic mass is 32.1. The summed E-state index contributed by atoms with van der Waals surface area (Å²) in [7, 11) is -10.4. The number of nitrogens with zero attached hydrogens (tertiary/aromatic N) is 2. The van der Waals surface area contributed by atoms with Crippen LogP contribution in [0.25, 0.3) is 0 Å². The highest BCUT2D eigenvalue weighted by Crippen LogP contribution is 2.75. The molecule has 0 spiro atoms. The number of nitroso groups, excluding NO2 is 1. The number of rotatable bonds is 2. The zero-order valence-corrected chi connectivity index (χ0v) is 7.22. The SMILES string of the molecule is NC(N=O)=NP(=O)(O)P(=O)(O)O. The van der Waals surface area contributed by atoms with Gasteiger partial charge in [0.1, 0.15) is 0 Å². The molecule has 0 aromatic rings. The van der Waals surface area contributed by atoms with E-state index in [2.05, 4.69) is 10.5 Å². The summed E-state index contributed by atoms with van der Waals surface area (Å²) in [5, 5.41) is 1.89. The maximum absolute atomic E-state index is 10.5. The lowest BCUT2D eigenvalue weighted by molar-refractivity contribution is 0.377. The average Bonchev–Trinajstić information content (AvgIpc) is 1.84. The van der Waals surface area contributed by atoms with Crippen molar-refractivity contribution in [1.29, 1.82) is 0 Å². The summed E-state index contributed by atoms with van der Waals surface area (Å²) in [6.07, 6.45) is 0. The van der Waals surface area contributed by atoms with Crippen LogP contribution in [0.2, 0.25) is 0 Å². The van der Waals surface area contributed by atoms with Gasteiger partial charge in [-0.05, 0) is 0 Å². The Morgan fingerprint density at radius 1 is 1.25 bits per heavy atom. The molecule has 0 radical (unpaired) electrons. The van der Waals surface area contributed by atoms with E-state index in [4.69, 9.17) is 14.7 Å². The van der Waals surface area contributed by atoms with Crippen molar-refractivity contribution in [2.45, 2.75) is 0 Å². The third-order valence-corrected chi connectivity index (χ3v) is 4.11. The summed E-state index contributed by atoms with van der Waals surface area (Å²) in [5.41, 5.74) is 4.55. The molecule has 1 unspecified atom stereocenters. The van der Waals surface area contributed by atoms with E-state index in [0.29, 0.717) is 0 Å². The molecular formula is CH5N3O6P2. The Morgan fingerprint density at radius 2 is 1.67 bits per heavy atom. The summed E-state index contributed by atoms with van der Waals surface area (Å²) in [5.74, 6) is -1.19. The van der Waals surface area contributed by atoms with Gasteiger partial charge in [-0.2, -0.15) is 4.76 Å². The molecule has 0 saturated carbocycles. The minimum atomic E-state index is -5.29. The maximum atomic E-state index is 10.5. The molecule has 0 saturated heterocycles. The monoisotopic (exact) mass is 217 g/mol. The first-order chi connectivity index (χ1) is 5.20. The number of guanidine groups is 1. The van der Waals surface area contributed by atoms with E-state index in [0.717, 1.165) is 0 Å². The van der Waals surface area contributed by atoms with Crippen molar-refractivity contribution in [2.75, 3.05) is 0 Å². The van der Waals surface area contributed by atoms with Crippen LogP contribution >= 0.6 is 14.5 Å². The average molecular weight is 217 g/mol. The lowest BCUT2D eigenvalue weighted by Gasteiger charge is -2.05. The van der Waals surface area contributed by atoms with Crippen LogP contribution in [0, 0.1) is 4.91 Å². The predicted molar refractivity (Wildman–Crippen MR) is 39.3 cm³/mol. The van der Waals surface area contributed by atoms with Gasteiger partial charge in [-0.15, -0.1) is 4.91 Å². The second kappa shape index (κ2) is 3.42. The smallest absolute Gasteiger partial charge is 0.365 e. The summed E-state index contributed by atoms with van der Waals surface area (Å²) in [6.45, 7) is 0. The minimum absolute atomic E-state index is 1.19. The van der Waals surface area contributed by atoms with Gasteiger partial charge >= 0.3 is 14.5 Å². The van der Waals surface area contributed by atoms with Gasteiger partial charge in [0.25, 0.3) is 5.96 Å². The van der Waals surface area contributed by atoms with Gasteiger partial charge in [0.05, 0.1) is 0 Å². The molecule has 0 aliphatic heterocycles. The molecule has 0 amide bonds. The fourth-order valence-corrected chi connectivity index (χ4v) is 1.25. The summed E-state index contributed by atoms with van der Waals surface area (Å²) in [6, 6.07) is 0. The second-order valence-electron chi connectivity index (χ2n) is 1.58. The van der Waals surface area contributed by atoms with Crippen LogP contribution in [0.3, 0.4) is 0 Å². The van der Waals surface area contributed by atoms with Crippen molar-refractivity contribution in [3.63, 3.8) is 0 Å². The molecule has 9 nitrogen and oxygen atoms in total. The fraction of sp³-hybridized carbons (Fsp3) is 0. The molecule has 0 aliphatic carbocycles. The summed E-state index contributed by atoms with van der Waals surface area (Å²) in [4.78, 5) is 34.4. The molecule has 0 aromatic heterocycles. The van der Waals surface area contributed by atoms with Crippen LogP contribution in [0.4, 0.5) is 0 Å². The molecule has 1 atom stereocenters. The van der Waals surface area contributed by atoms with Crippen LogP contribution < -0.4 is 5.73 Å². The lowest BCUT2D eigenvalue weighted by atomic mass is 11.1. The Labute approximate surface area is 65.8 Å². The second-order valence-corrected chi connectivity index (χ2v) is 6.96. The van der Waals surface area contributed by atoms with Crippen LogP contribution in [0.15, 0.2) is 9.94 Å². The standard InChI is InChI=1S/CH5N3O6P2/c2-1(3-5)4-11(6,7)12(8,9)10/h(H2,8,9,10)(H3,2,4,6,7). The highest BCUT2D eigenvalue weighted by molar-refractivity contribution is 8.28. The Hall–Kier alpha value is -0.590. The van der Waals surface area contributed by atoms with Gasteiger partial charge in [0.15, 0.2) is 0 Å². The molecule has 0 aliphatic rings. The molecule has 0 aromatic carbocycles. The van der Waals surface area contributed by atoms with Gasteiger partial charge in [0, 0.05) is 5.18 Å². The van der Waals surface area contributed by atoms with Crippen molar-refractivity contribution in [3.05, 3.63) is 4.91 Å². The third kappa shape index (κ3) is 2.80. The van der Waals surface area contributed by atoms with Crippen molar-refractivity contribution >= 4 is 20.5 Å². The zero-order valence-electron chi connectivity index (χ0n) is 5.43. The Morgan fingerprint density at radius 3 is 1.92 bits per heavy atom. The van der Waals surface area contributed by atoms with E-state index in [1.54, 1.807) is 0 Å². The first-order valence-electron chi connectivity index (χ1n) is 2.28. The zero-order chi connectivity index (χ0) is 9.99. The minimum Gasteiger partial charge on any atom is -0.365 e. The first kappa shape index (κ1) is 11.4. The first-order valence-corrected chi connectivity index (χ1v) is 6.21. The quantitative estimate of drug-likeness (QED) is 0.206. The van der Waals surface area contributed by atoms with Gasteiger partial charge in [0.2, 0.25) is 0 Å². The molecule has 11 heteroatoms. The Balaban J connectivity index is 5.04. The van der Waals surface area contributed by atoms with Gasteiger partial charge in [-0.25, -0.2) is 4.57 Å². The van der Waals surface area contributed by atoms with Crippen molar-refractivity contribution in [2.24, 2.45) is 15.7 Å². The van der Waals surface area contributed by atoms with Crippen molar-refractivity contribution < 1.29 is 23.8 Å². The lowest BCUT2D eigenvalue weighted by Crippen LogP contribution is -2.06. The summed E-state index contributed by atoms with van der Waals surface area (Å²) >= 11 is 0. The van der Waals surface area contributed by atoms with Gasteiger partial charge in [-0.1, -0.05) is 0 Å². The molecule has 12 heavy (non-hydrogen) atoms. The van der Waals surface area contributed by atoms with Crippen molar-refractivity contribution in [1.82, 2.24) is 0 Å². The van der Waals surface area contributed by atoms with Crippen molar-refractivity contribution in [3.8, 4) is 0 Å². The van der Waals surface area contributed by atoms with E-state index in [9.17, 15) is 14.0 Å². The van der Waals surface area contributed by atoms with E-state index < -0.39 is 20.5 Å². The number of hydrogen-bond donors (Lipinski definition) is 4. The molecule has 5 N–H and O–H groups in total. The Bertz CT molecular complexity index is 302. The number of nitrogens with two attached hydrogens (primary N) is 1. The topological polar surface area (TPSA) is 163 Å². The summed E-state index contributed by atoms with van der Waals surface area (Å²) < 4.78 is 23.1. The van der Waals surface area contributed by atoms with Crippen LogP contribution in [-0.4, -0.2) is 20.6 Å². The molecule has 70 valence electrons. The van der Waals surface area contributed by atoms with E-state index in [1.165, 1.54) is 0 Å². The van der Waals surface area contributed by atoms with E-state index in [1.807, 2.05) is 5.18 Å². The largest absolute Gasteiger partial charge is 0.430 e. The molecular weight excluding hydrogens is 212 g/mol. The molecule has 0 rings (SSSR count). The van der Waals surface area contributed by atoms with Gasteiger partial charge < -0.3 is 20.4 Å². The number of hydrogen-bond acceptors (Lipinski definition) is 3. The van der Waals surface area contributed by atoms with Crippen LogP contribution in [0.1, 0.15) is 0 Å². The molecule has 0 heterocycles. The van der Waals surface area contributed by atoms with Gasteiger partial charge in [-0.3, -0.25) is 4.57 Å². The normalized spacial score (nSPS) is 18.4. The van der Waals surface area contributed by atoms with Crippen LogP contribution in [-0.2, 0) is 9.13 Å². The third-order valence-electron chi connectivity index (χ3n) is 0.666. The molecule has 0 fully saturated rings. The molecule has 0 bridgehead atoms. The Kier molecular flexibility index (Phi) is 3.25. The highest BCUT2D eigenvalue weighted by Gasteiger charge is 2.40. The van der Waals surface area contributed by atoms with Crippen LogP contribution in [0.5, 0.6) is 0 Å². The van der Waals surface area contributed by atoms with E-state index >= 15 is 0 Å². The van der Waals surface area contributed by atoms with E-state index in [-0.39, 0.29) is 0 Å². The fourth-order valence-electron chi connectivity index (χ4n) is 0.210.